The maximum absolute atomic E-state index is 14.0. The average molecular weight is 559 g/mol. The highest BCUT2D eigenvalue weighted by atomic mass is 79.9. The first-order valence-corrected chi connectivity index (χ1v) is 12.8. The number of aromatic nitrogens is 2. The number of aliphatic carboxylic acids is 1. The quantitative estimate of drug-likeness (QED) is 0.332. The number of carbonyl (C=O) groups excluding carboxylic acids is 1. The van der Waals surface area contributed by atoms with E-state index in [9.17, 15) is 14.7 Å². The first-order chi connectivity index (χ1) is 17.8. The molecule has 0 bridgehead atoms. The summed E-state index contributed by atoms with van der Waals surface area (Å²) in [7, 11) is 0. The minimum atomic E-state index is -1.03. The van der Waals surface area contributed by atoms with Gasteiger partial charge in [-0.2, -0.15) is 0 Å². The van der Waals surface area contributed by atoms with Crippen LogP contribution in [0.1, 0.15) is 39.6 Å². The highest BCUT2D eigenvalue weighted by Crippen LogP contribution is 2.32. The lowest BCUT2D eigenvalue weighted by Crippen LogP contribution is -2.50. The molecule has 1 amide bonds. The third-order valence-electron chi connectivity index (χ3n) is 6.95. The molecule has 3 N–H and O–H groups in total. The number of imidazole rings is 1. The van der Waals surface area contributed by atoms with E-state index in [1.807, 2.05) is 84.3 Å². The number of carbonyl (C=O) groups is 2. The lowest BCUT2D eigenvalue weighted by molar-refractivity contribution is -0.151. The van der Waals surface area contributed by atoms with E-state index in [-0.39, 0.29) is 18.9 Å². The molecule has 2 heterocycles. The summed E-state index contributed by atoms with van der Waals surface area (Å²) in [6.45, 7) is 2.62. The van der Waals surface area contributed by atoms with Crippen LogP contribution >= 0.6 is 15.9 Å². The van der Waals surface area contributed by atoms with Crippen LogP contribution in [0.5, 0.6) is 0 Å². The number of aryl methyl sites for hydroxylation is 1. The first-order valence-electron chi connectivity index (χ1n) is 12.0. The minimum absolute atomic E-state index is 0.138. The maximum Gasteiger partial charge on any atom is 0.326 e. The molecule has 1 aliphatic rings. The Balaban J connectivity index is 1.48. The molecule has 4 aromatic rings. The number of anilines is 1. The molecule has 0 fully saturated rings. The van der Waals surface area contributed by atoms with Crippen LogP contribution < -0.4 is 5.73 Å². The van der Waals surface area contributed by atoms with E-state index in [0.29, 0.717) is 12.2 Å². The second-order valence-electron chi connectivity index (χ2n) is 9.35. The predicted octanol–water partition coefficient (Wildman–Crippen LogP) is 4.75. The van der Waals surface area contributed by atoms with Crippen molar-refractivity contribution in [3.05, 3.63) is 117 Å². The highest BCUT2D eigenvalue weighted by molar-refractivity contribution is 9.10. The minimum Gasteiger partial charge on any atom is -0.480 e. The van der Waals surface area contributed by atoms with Crippen molar-refractivity contribution in [1.82, 2.24) is 14.5 Å². The lowest BCUT2D eigenvalue weighted by Gasteiger charge is -2.35. The number of rotatable bonds is 6. The topological polar surface area (TPSA) is 101 Å². The normalized spacial score (nSPS) is 15.0. The number of nitrogens with zero attached hydrogens (tertiary/aromatic N) is 3. The summed E-state index contributed by atoms with van der Waals surface area (Å²) in [4.78, 5) is 32.5. The zero-order valence-corrected chi connectivity index (χ0v) is 21.9. The van der Waals surface area contributed by atoms with E-state index in [4.69, 9.17) is 5.73 Å². The van der Waals surface area contributed by atoms with Gasteiger partial charge in [-0.3, -0.25) is 4.79 Å². The van der Waals surface area contributed by atoms with Gasteiger partial charge in [-0.25, -0.2) is 9.78 Å². The van der Waals surface area contributed by atoms with Crippen molar-refractivity contribution in [1.29, 1.82) is 0 Å². The smallest absolute Gasteiger partial charge is 0.326 e. The van der Waals surface area contributed by atoms with Gasteiger partial charge >= 0.3 is 5.97 Å². The molecule has 0 saturated heterocycles. The molecule has 0 aliphatic carbocycles. The molecule has 0 spiro atoms. The highest BCUT2D eigenvalue weighted by Gasteiger charge is 2.40. The van der Waals surface area contributed by atoms with Crippen LogP contribution in [0.15, 0.2) is 83.6 Å². The molecule has 1 atom stereocenters. The zero-order valence-electron chi connectivity index (χ0n) is 20.3. The van der Waals surface area contributed by atoms with E-state index in [1.165, 1.54) is 4.90 Å². The van der Waals surface area contributed by atoms with Crippen molar-refractivity contribution in [2.75, 3.05) is 5.73 Å². The second kappa shape index (κ2) is 10.2. The molecule has 0 radical (unpaired) electrons. The summed E-state index contributed by atoms with van der Waals surface area (Å²) >= 11 is 3.51. The molecule has 1 aromatic heterocycles. The summed E-state index contributed by atoms with van der Waals surface area (Å²) < 4.78 is 2.79. The van der Waals surface area contributed by atoms with Crippen LogP contribution in [-0.2, 0) is 29.1 Å². The van der Waals surface area contributed by atoms with Gasteiger partial charge in [0, 0.05) is 28.8 Å². The molecule has 7 nitrogen and oxygen atoms in total. The molecule has 37 heavy (non-hydrogen) atoms. The molecular formula is C29H27BrN4O3. The Bertz CT molecular complexity index is 1390. The monoisotopic (exact) mass is 558 g/mol. The Labute approximate surface area is 223 Å². The van der Waals surface area contributed by atoms with E-state index in [2.05, 4.69) is 20.9 Å². The SMILES string of the molecule is Cc1cc(Cn2cnc3c2C[C@@H](C(=O)O)N(C(=O)C(c2ccccc2)c2ccccc2)C3)cc(Br)c1N. The third kappa shape index (κ3) is 4.89. The van der Waals surface area contributed by atoms with E-state index < -0.39 is 17.9 Å². The number of halogens is 1. The summed E-state index contributed by atoms with van der Waals surface area (Å²) in [6.07, 6.45) is 1.91. The molecule has 1 aliphatic heterocycles. The Morgan fingerprint density at radius 3 is 2.27 bits per heavy atom. The fourth-order valence-electron chi connectivity index (χ4n) is 5.02. The Morgan fingerprint density at radius 2 is 1.70 bits per heavy atom. The summed E-state index contributed by atoms with van der Waals surface area (Å²) in [5.41, 5.74) is 12.0. The third-order valence-corrected chi connectivity index (χ3v) is 7.60. The number of benzene rings is 3. The van der Waals surface area contributed by atoms with Gasteiger partial charge in [0.25, 0.3) is 0 Å². The Kier molecular flexibility index (Phi) is 6.84. The first kappa shape index (κ1) is 24.8. The van der Waals surface area contributed by atoms with Crippen LogP contribution in [0, 0.1) is 6.92 Å². The standard InChI is InChI=1S/C29H27BrN4O3/c1-18-12-19(13-22(30)27(18)31)15-33-17-32-23-16-34(25(29(36)37)14-24(23)33)28(35)26(20-8-4-2-5-9-20)21-10-6-3-7-11-21/h2-13,17,25-26H,14-16,31H2,1H3,(H,36,37)/t25-/m0/s1. The number of nitrogen functional groups attached to an aromatic ring is 1. The molecule has 8 heteroatoms. The Hall–Kier alpha value is -3.91. The number of fused-ring (bicyclic) bond motifs is 1. The molecule has 5 rings (SSSR count). The van der Waals surface area contributed by atoms with Gasteiger partial charge in [-0.15, -0.1) is 0 Å². The fraction of sp³-hybridized carbons (Fsp3) is 0.207. The van der Waals surface area contributed by atoms with Crippen LogP contribution in [0.3, 0.4) is 0 Å². The number of carboxylic acids is 1. The summed E-state index contributed by atoms with van der Waals surface area (Å²) in [6, 6.07) is 22.0. The van der Waals surface area contributed by atoms with E-state index in [1.54, 1.807) is 6.33 Å². The molecular weight excluding hydrogens is 532 g/mol. The predicted molar refractivity (Wildman–Crippen MR) is 145 cm³/mol. The van der Waals surface area contributed by atoms with Crippen molar-refractivity contribution in [2.24, 2.45) is 0 Å². The fourth-order valence-corrected chi connectivity index (χ4v) is 5.63. The second-order valence-corrected chi connectivity index (χ2v) is 10.2. The van der Waals surface area contributed by atoms with Crippen LogP contribution in [-0.4, -0.2) is 37.5 Å². The summed E-state index contributed by atoms with van der Waals surface area (Å²) in [5.74, 6) is -1.89. The van der Waals surface area contributed by atoms with Crippen molar-refractivity contribution >= 4 is 33.5 Å². The van der Waals surface area contributed by atoms with Crippen LogP contribution in [0.4, 0.5) is 5.69 Å². The summed E-state index contributed by atoms with van der Waals surface area (Å²) in [5, 5.41) is 10.2. The van der Waals surface area contributed by atoms with Crippen molar-refractivity contribution in [2.45, 2.75) is 38.4 Å². The number of carboxylic acid groups (broad SMARTS) is 1. The average Bonchev–Trinajstić information content (AvgIpc) is 3.29. The van der Waals surface area contributed by atoms with Crippen molar-refractivity contribution < 1.29 is 14.7 Å². The van der Waals surface area contributed by atoms with Gasteiger partial charge < -0.3 is 20.3 Å². The van der Waals surface area contributed by atoms with Crippen molar-refractivity contribution in [3.8, 4) is 0 Å². The molecule has 188 valence electrons. The van der Waals surface area contributed by atoms with Crippen LogP contribution in [0.25, 0.3) is 0 Å². The van der Waals surface area contributed by atoms with Crippen LogP contribution in [0.2, 0.25) is 0 Å². The number of hydrogen-bond donors (Lipinski definition) is 2. The van der Waals surface area contributed by atoms with E-state index >= 15 is 0 Å². The maximum atomic E-state index is 14.0. The molecule has 0 saturated carbocycles. The van der Waals surface area contributed by atoms with Gasteiger partial charge in [0.1, 0.15) is 6.04 Å². The van der Waals surface area contributed by atoms with Crippen molar-refractivity contribution in [3.63, 3.8) is 0 Å². The number of hydrogen-bond acceptors (Lipinski definition) is 4. The van der Waals surface area contributed by atoms with Gasteiger partial charge in [-0.05, 0) is 51.2 Å². The zero-order chi connectivity index (χ0) is 26.1. The number of nitrogens with two attached hydrogens (primary N) is 1. The van der Waals surface area contributed by atoms with Gasteiger partial charge in [0.2, 0.25) is 5.91 Å². The van der Waals surface area contributed by atoms with E-state index in [0.717, 1.165) is 38.1 Å². The van der Waals surface area contributed by atoms with Gasteiger partial charge in [0.05, 0.1) is 24.5 Å². The largest absolute Gasteiger partial charge is 0.480 e. The Morgan fingerprint density at radius 1 is 1.08 bits per heavy atom. The van der Waals surface area contributed by atoms with Gasteiger partial charge in [0.15, 0.2) is 0 Å². The molecule has 0 unspecified atom stereocenters. The number of amides is 1. The lowest BCUT2D eigenvalue weighted by atomic mass is 9.88. The van der Waals surface area contributed by atoms with Gasteiger partial charge in [-0.1, -0.05) is 66.7 Å². The molecule has 3 aromatic carbocycles.